The van der Waals surface area contributed by atoms with Crippen LogP contribution in [-0.2, 0) is 10.1 Å². The van der Waals surface area contributed by atoms with Crippen LogP contribution in [0.5, 0.6) is 0 Å². The first-order valence-electron chi connectivity index (χ1n) is 5.77. The molecular formula is C13H21NO3S. The molecular weight excluding hydrogens is 250 g/mol. The van der Waals surface area contributed by atoms with Gasteiger partial charge in [-0.25, -0.2) is 0 Å². The average Bonchev–Trinajstić information content (AvgIpc) is 2.13. The summed E-state index contributed by atoms with van der Waals surface area (Å²) >= 11 is 0. The highest BCUT2D eigenvalue weighted by Gasteiger charge is 2.28. The minimum Gasteiger partial charge on any atom is -0.302 e. The molecule has 18 heavy (non-hydrogen) atoms. The Morgan fingerprint density at radius 2 is 1.56 bits per heavy atom. The molecule has 0 bridgehead atoms. The van der Waals surface area contributed by atoms with Crippen molar-refractivity contribution in [3.8, 4) is 0 Å². The third kappa shape index (κ3) is 3.54. The van der Waals surface area contributed by atoms with Crippen molar-refractivity contribution in [3.05, 3.63) is 29.8 Å². The molecule has 1 atom stereocenters. The second-order valence-corrected chi connectivity index (χ2v) is 7.20. The van der Waals surface area contributed by atoms with Gasteiger partial charge in [-0.15, -0.1) is 0 Å². The summed E-state index contributed by atoms with van der Waals surface area (Å²) in [5.41, 5.74) is 1.06. The summed E-state index contributed by atoms with van der Waals surface area (Å²) in [6, 6.07) is 6.55. The second-order valence-electron chi connectivity index (χ2n) is 5.78. The molecule has 0 radical (unpaired) electrons. The predicted molar refractivity (Wildman–Crippen MR) is 72.1 cm³/mol. The first-order chi connectivity index (χ1) is 8.03. The highest BCUT2D eigenvalue weighted by molar-refractivity contribution is 7.85. The molecule has 1 N–H and O–H groups in total. The third-order valence-electron chi connectivity index (χ3n) is 2.83. The Labute approximate surface area is 109 Å². The van der Waals surface area contributed by atoms with E-state index in [1.807, 2.05) is 14.1 Å². The van der Waals surface area contributed by atoms with Gasteiger partial charge in [0.1, 0.15) is 0 Å². The van der Waals surface area contributed by atoms with Crippen molar-refractivity contribution in [2.45, 2.75) is 31.7 Å². The molecule has 5 heteroatoms. The van der Waals surface area contributed by atoms with Gasteiger partial charge >= 0.3 is 0 Å². The lowest BCUT2D eigenvalue weighted by Gasteiger charge is -2.36. The van der Waals surface area contributed by atoms with Crippen LogP contribution in [0.1, 0.15) is 32.4 Å². The Morgan fingerprint density at radius 1 is 1.11 bits per heavy atom. The van der Waals surface area contributed by atoms with Gasteiger partial charge in [0.05, 0.1) is 4.90 Å². The van der Waals surface area contributed by atoms with Crippen LogP contribution in [0, 0.1) is 5.41 Å². The van der Waals surface area contributed by atoms with E-state index in [0.29, 0.717) is 0 Å². The van der Waals surface area contributed by atoms with Gasteiger partial charge in [-0.2, -0.15) is 8.42 Å². The Hall–Kier alpha value is -0.910. The highest BCUT2D eigenvalue weighted by atomic mass is 32.2. The van der Waals surface area contributed by atoms with Crippen molar-refractivity contribution in [1.29, 1.82) is 0 Å². The first-order valence-corrected chi connectivity index (χ1v) is 7.21. The van der Waals surface area contributed by atoms with Crippen LogP contribution in [-0.4, -0.2) is 32.0 Å². The SMILES string of the molecule is CN(C)C(c1ccc(S(=O)(=O)O)cc1)C(C)(C)C. The number of hydrogen-bond acceptors (Lipinski definition) is 3. The van der Waals surface area contributed by atoms with Crippen molar-refractivity contribution in [3.63, 3.8) is 0 Å². The van der Waals surface area contributed by atoms with Crippen molar-refractivity contribution >= 4 is 10.1 Å². The van der Waals surface area contributed by atoms with E-state index in [4.69, 9.17) is 4.55 Å². The monoisotopic (exact) mass is 271 g/mol. The van der Waals surface area contributed by atoms with Gasteiger partial charge in [0.2, 0.25) is 0 Å². The number of hydrogen-bond donors (Lipinski definition) is 1. The number of benzene rings is 1. The zero-order valence-corrected chi connectivity index (χ0v) is 12.3. The van der Waals surface area contributed by atoms with E-state index in [1.165, 1.54) is 12.1 Å². The van der Waals surface area contributed by atoms with E-state index in [2.05, 4.69) is 25.7 Å². The maximum absolute atomic E-state index is 11.0. The Kier molecular flexibility index (Phi) is 4.20. The van der Waals surface area contributed by atoms with Gasteiger partial charge in [-0.3, -0.25) is 4.55 Å². The normalized spacial score (nSPS) is 14.8. The molecule has 0 aliphatic carbocycles. The standard InChI is InChI=1S/C13H21NO3S/c1-13(2,3)12(14(4)5)10-6-8-11(9-7-10)18(15,16)17/h6-9,12H,1-5H3,(H,15,16,17). The molecule has 0 spiro atoms. The van der Waals surface area contributed by atoms with E-state index in [-0.39, 0.29) is 16.4 Å². The molecule has 0 fully saturated rings. The molecule has 0 heterocycles. The van der Waals surface area contributed by atoms with Gasteiger partial charge in [0.25, 0.3) is 10.1 Å². The van der Waals surface area contributed by atoms with Crippen LogP contribution in [0.3, 0.4) is 0 Å². The first kappa shape index (κ1) is 15.1. The quantitative estimate of drug-likeness (QED) is 0.858. The average molecular weight is 271 g/mol. The third-order valence-corrected chi connectivity index (χ3v) is 3.70. The number of nitrogens with zero attached hydrogens (tertiary/aromatic N) is 1. The smallest absolute Gasteiger partial charge is 0.294 e. The van der Waals surface area contributed by atoms with E-state index >= 15 is 0 Å². The van der Waals surface area contributed by atoms with Crippen molar-refractivity contribution in [2.75, 3.05) is 14.1 Å². The van der Waals surface area contributed by atoms with E-state index in [1.54, 1.807) is 12.1 Å². The molecule has 1 aromatic rings. The lowest BCUT2D eigenvalue weighted by atomic mass is 9.82. The van der Waals surface area contributed by atoms with Gasteiger partial charge in [-0.05, 0) is 37.2 Å². The Bertz CT molecular complexity index is 498. The summed E-state index contributed by atoms with van der Waals surface area (Å²) in [5, 5.41) is 0. The van der Waals surface area contributed by atoms with Crippen LogP contribution in [0.25, 0.3) is 0 Å². The molecule has 0 aliphatic heterocycles. The summed E-state index contributed by atoms with van der Waals surface area (Å²) in [7, 11) is -0.129. The van der Waals surface area contributed by atoms with Crippen LogP contribution < -0.4 is 0 Å². The molecule has 102 valence electrons. The van der Waals surface area contributed by atoms with E-state index < -0.39 is 10.1 Å². The summed E-state index contributed by atoms with van der Waals surface area (Å²) in [5.74, 6) is 0. The minimum atomic E-state index is -4.11. The fourth-order valence-corrected chi connectivity index (χ4v) is 2.87. The summed E-state index contributed by atoms with van der Waals surface area (Å²) in [4.78, 5) is 2.03. The van der Waals surface area contributed by atoms with E-state index in [0.717, 1.165) is 5.56 Å². The highest BCUT2D eigenvalue weighted by Crippen LogP contribution is 2.36. The summed E-state index contributed by atoms with van der Waals surface area (Å²) in [6.07, 6.45) is 0. The second kappa shape index (κ2) is 4.99. The van der Waals surface area contributed by atoms with Crippen LogP contribution in [0.4, 0.5) is 0 Å². The molecule has 0 aliphatic rings. The molecule has 0 amide bonds. The van der Waals surface area contributed by atoms with Crippen molar-refractivity contribution in [2.24, 2.45) is 5.41 Å². The van der Waals surface area contributed by atoms with Crippen LogP contribution in [0.15, 0.2) is 29.2 Å². The molecule has 1 aromatic carbocycles. The van der Waals surface area contributed by atoms with E-state index in [9.17, 15) is 8.42 Å². The molecule has 4 nitrogen and oxygen atoms in total. The largest absolute Gasteiger partial charge is 0.302 e. The predicted octanol–water partition coefficient (Wildman–Crippen LogP) is 2.58. The van der Waals surface area contributed by atoms with Crippen molar-refractivity contribution < 1.29 is 13.0 Å². The Morgan fingerprint density at radius 3 is 1.83 bits per heavy atom. The lowest BCUT2D eigenvalue weighted by Crippen LogP contribution is -2.31. The van der Waals surface area contributed by atoms with Crippen LogP contribution in [0.2, 0.25) is 0 Å². The molecule has 1 rings (SSSR count). The summed E-state index contributed by atoms with van der Waals surface area (Å²) in [6.45, 7) is 6.40. The summed E-state index contributed by atoms with van der Waals surface area (Å²) < 4.78 is 30.9. The fraction of sp³-hybridized carbons (Fsp3) is 0.538. The topological polar surface area (TPSA) is 57.6 Å². The van der Waals surface area contributed by atoms with Gasteiger partial charge < -0.3 is 4.90 Å². The lowest BCUT2D eigenvalue weighted by molar-refractivity contribution is 0.154. The number of rotatable bonds is 3. The zero-order valence-electron chi connectivity index (χ0n) is 11.5. The maximum atomic E-state index is 11.0. The van der Waals surface area contributed by atoms with Crippen LogP contribution >= 0.6 is 0 Å². The Balaban J connectivity index is 3.18. The maximum Gasteiger partial charge on any atom is 0.294 e. The van der Waals surface area contributed by atoms with Gasteiger partial charge in [0.15, 0.2) is 0 Å². The minimum absolute atomic E-state index is 0.0309. The van der Waals surface area contributed by atoms with Gasteiger partial charge in [0, 0.05) is 6.04 Å². The fourth-order valence-electron chi connectivity index (χ4n) is 2.39. The molecule has 0 saturated carbocycles. The molecule has 0 aromatic heterocycles. The molecule has 1 unspecified atom stereocenters. The van der Waals surface area contributed by atoms with Crippen molar-refractivity contribution in [1.82, 2.24) is 4.90 Å². The van der Waals surface area contributed by atoms with Gasteiger partial charge in [-0.1, -0.05) is 32.9 Å². The molecule has 0 saturated heterocycles. The zero-order chi connectivity index (χ0) is 14.1.